The van der Waals surface area contributed by atoms with Crippen molar-refractivity contribution in [3.8, 4) is 0 Å². The highest BCUT2D eigenvalue weighted by Crippen LogP contribution is 2.12. The largest absolute Gasteiger partial charge is 0.103 e. The fourth-order valence-electron chi connectivity index (χ4n) is 1.65. The lowest BCUT2D eigenvalue weighted by Crippen LogP contribution is -1.81. The van der Waals surface area contributed by atoms with Crippen LogP contribution < -0.4 is 0 Å². The van der Waals surface area contributed by atoms with Gasteiger partial charge in [-0.25, -0.2) is 0 Å². The van der Waals surface area contributed by atoms with Crippen molar-refractivity contribution in [3.05, 3.63) is 114 Å². The Morgan fingerprint density at radius 2 is 1.14 bits per heavy atom. The van der Waals surface area contributed by atoms with Gasteiger partial charge in [0.05, 0.1) is 0 Å². The van der Waals surface area contributed by atoms with Crippen molar-refractivity contribution in [3.63, 3.8) is 0 Å². The zero-order valence-corrected chi connectivity index (χ0v) is 26.5. The zero-order valence-electron chi connectivity index (χ0n) is 26.5. The van der Waals surface area contributed by atoms with Crippen LogP contribution in [0.4, 0.5) is 0 Å². The van der Waals surface area contributed by atoms with Gasteiger partial charge < -0.3 is 0 Å². The quantitative estimate of drug-likeness (QED) is 0.295. The molecule has 0 fully saturated rings. The lowest BCUT2D eigenvalue weighted by molar-refractivity contribution is 1.23. The van der Waals surface area contributed by atoms with Gasteiger partial charge in [0.15, 0.2) is 0 Å². The van der Waals surface area contributed by atoms with Crippen molar-refractivity contribution >= 4 is 6.08 Å². The van der Waals surface area contributed by atoms with Gasteiger partial charge in [-0.1, -0.05) is 127 Å². The highest BCUT2D eigenvalue weighted by atomic mass is 14.0. The van der Waals surface area contributed by atoms with Crippen molar-refractivity contribution < 1.29 is 0 Å². The molecule has 0 spiro atoms. The summed E-state index contributed by atoms with van der Waals surface area (Å²) in [6.07, 6.45) is 11.6. The van der Waals surface area contributed by atoms with E-state index in [2.05, 4.69) is 98.2 Å². The lowest BCUT2D eigenvalue weighted by atomic mass is 10.0. The third-order valence-electron chi connectivity index (χ3n) is 4.00. The predicted octanol–water partition coefficient (Wildman–Crippen LogP) is 12.8. The van der Waals surface area contributed by atoms with Crippen LogP contribution in [0.3, 0.4) is 0 Å². The molecule has 0 aliphatic rings. The van der Waals surface area contributed by atoms with Gasteiger partial charge in [0, 0.05) is 0 Å². The molecule has 0 aliphatic carbocycles. The third-order valence-corrected chi connectivity index (χ3v) is 4.00. The Morgan fingerprint density at radius 1 is 0.743 bits per heavy atom. The highest BCUT2D eigenvalue weighted by molar-refractivity contribution is 5.49. The molecule has 0 saturated heterocycles. The molecule has 0 aromatic heterocycles. The Morgan fingerprint density at radius 3 is 1.40 bits per heavy atom. The average Bonchev–Trinajstić information content (AvgIpc) is 2.88. The minimum atomic E-state index is 1.02. The second-order valence-corrected chi connectivity index (χ2v) is 7.01. The van der Waals surface area contributed by atoms with Crippen LogP contribution in [-0.2, 0) is 0 Å². The summed E-state index contributed by atoms with van der Waals surface area (Å²) in [5.74, 6) is 0. The predicted molar refractivity (Wildman–Crippen MR) is 174 cm³/mol. The summed E-state index contributed by atoms with van der Waals surface area (Å²) in [6, 6.07) is 6.34. The van der Waals surface area contributed by atoms with Gasteiger partial charge in [-0.05, 0) is 90.2 Å². The molecule has 0 N–H and O–H groups in total. The molecule has 1 rings (SSSR count). The molecule has 35 heavy (non-hydrogen) atoms. The molecule has 0 amide bonds. The van der Waals surface area contributed by atoms with Crippen molar-refractivity contribution in [2.45, 2.75) is 104 Å². The molecule has 0 nitrogen and oxygen atoms in total. The van der Waals surface area contributed by atoms with Crippen LogP contribution >= 0.6 is 0 Å². The molecule has 0 radical (unpaired) electrons. The first-order valence-electron chi connectivity index (χ1n) is 13.0. The van der Waals surface area contributed by atoms with E-state index in [4.69, 9.17) is 0 Å². The first-order valence-corrected chi connectivity index (χ1v) is 13.0. The maximum atomic E-state index is 3.70. The maximum Gasteiger partial charge on any atom is -0.0260 e. The van der Waals surface area contributed by atoms with Crippen LogP contribution in [0.1, 0.15) is 107 Å². The standard InChI is InChI=1S/C11H18.C10H12.C5H8.C3H6.3C2H6/c1-6-7-8-10(4)11(5)9(2)3;1-4-10-6-5-8(2)9(3)7-10;1-4-5(2)3;1-3-2;3*1-2/h6-8H,1-5H3;4-7H,1H2,2-3H3;4H,1-2H2,3H3;3H,1H2,2H3;3*1-2H3/b7-6-,10-8+;;;;;;. The van der Waals surface area contributed by atoms with Crippen LogP contribution in [0.15, 0.2) is 97.2 Å². The van der Waals surface area contributed by atoms with Crippen molar-refractivity contribution in [2.75, 3.05) is 0 Å². The van der Waals surface area contributed by atoms with Gasteiger partial charge >= 0.3 is 0 Å². The molecule has 1 aromatic rings. The first-order chi connectivity index (χ1) is 16.5. The maximum absolute atomic E-state index is 3.70. The number of rotatable bonds is 4. The van der Waals surface area contributed by atoms with E-state index in [9.17, 15) is 0 Å². The second-order valence-electron chi connectivity index (χ2n) is 7.01. The molecule has 0 unspecified atom stereocenters. The normalized spacial score (nSPS) is 8.37. The van der Waals surface area contributed by atoms with Gasteiger partial charge in [-0.2, -0.15) is 0 Å². The zero-order chi connectivity index (χ0) is 29.4. The first kappa shape index (κ1) is 45.8. The summed E-state index contributed by atoms with van der Waals surface area (Å²) in [5, 5.41) is 0. The Kier molecular flexibility index (Phi) is 50.6. The van der Waals surface area contributed by atoms with E-state index in [0.29, 0.717) is 0 Å². The summed E-state index contributed by atoms with van der Waals surface area (Å²) in [6.45, 7) is 44.7. The Labute approximate surface area is 223 Å². The van der Waals surface area contributed by atoms with Crippen LogP contribution in [0.25, 0.3) is 6.08 Å². The van der Waals surface area contributed by atoms with Crippen molar-refractivity contribution in [1.29, 1.82) is 0 Å². The van der Waals surface area contributed by atoms with Crippen LogP contribution in [-0.4, -0.2) is 0 Å². The number of hydrogen-bond donors (Lipinski definition) is 0. The molecule has 0 heterocycles. The van der Waals surface area contributed by atoms with Crippen molar-refractivity contribution in [2.24, 2.45) is 0 Å². The van der Waals surface area contributed by atoms with Crippen LogP contribution in [0, 0.1) is 13.8 Å². The summed E-state index contributed by atoms with van der Waals surface area (Å²) < 4.78 is 0. The molecular weight excluding hydrogens is 420 g/mol. The van der Waals surface area contributed by atoms with Crippen LogP contribution in [0.2, 0.25) is 0 Å². The van der Waals surface area contributed by atoms with E-state index in [1.807, 2.05) is 74.5 Å². The monoisotopic (exact) mass is 482 g/mol. The molecule has 0 atom stereocenters. The average molecular weight is 483 g/mol. The summed E-state index contributed by atoms with van der Waals surface area (Å²) in [7, 11) is 0. The second kappa shape index (κ2) is 38.7. The Bertz CT molecular complexity index is 714. The SMILES string of the molecule is C/C=C\C=C(/C)C(C)=C(C)C.C=CC.C=CC(=C)C.C=Cc1ccc(C)c(C)c1.CC.CC.CC. The number of benzene rings is 1. The number of allylic oxidation sites excluding steroid dienone is 9. The van der Waals surface area contributed by atoms with Gasteiger partial charge in [-0.15, -0.1) is 6.58 Å². The fraction of sp³-hybridized carbons (Fsp3) is 0.429. The molecule has 0 saturated carbocycles. The van der Waals surface area contributed by atoms with E-state index in [-0.39, 0.29) is 0 Å². The fourth-order valence-corrected chi connectivity index (χ4v) is 1.65. The molecule has 0 bridgehead atoms. The molecule has 0 aliphatic heterocycles. The highest BCUT2D eigenvalue weighted by Gasteiger charge is 1.92. The smallest absolute Gasteiger partial charge is 0.0260 e. The summed E-state index contributed by atoms with van der Waals surface area (Å²) >= 11 is 0. The van der Waals surface area contributed by atoms with Crippen LogP contribution in [0.5, 0.6) is 0 Å². The third kappa shape index (κ3) is 38.9. The van der Waals surface area contributed by atoms with Gasteiger partial charge in [-0.3, -0.25) is 0 Å². The van der Waals surface area contributed by atoms with E-state index in [1.54, 1.807) is 12.2 Å². The Balaban J connectivity index is -0.0000000800. The van der Waals surface area contributed by atoms with E-state index in [0.717, 1.165) is 5.57 Å². The van der Waals surface area contributed by atoms with E-state index >= 15 is 0 Å². The number of hydrogen-bond acceptors (Lipinski definition) is 0. The molecule has 0 heteroatoms. The van der Waals surface area contributed by atoms with Gasteiger partial charge in [0.25, 0.3) is 0 Å². The number of aryl methyl sites for hydroxylation is 2. The molecule has 1 aromatic carbocycles. The van der Waals surface area contributed by atoms with E-state index in [1.165, 1.54) is 33.4 Å². The van der Waals surface area contributed by atoms with Gasteiger partial charge in [0.1, 0.15) is 0 Å². The molecular formula is C35H62. The topological polar surface area (TPSA) is 0 Å². The minimum Gasteiger partial charge on any atom is -0.103 e. The van der Waals surface area contributed by atoms with E-state index < -0.39 is 0 Å². The summed E-state index contributed by atoms with van der Waals surface area (Å²) in [5.41, 5.74) is 9.02. The van der Waals surface area contributed by atoms with Crippen molar-refractivity contribution in [1.82, 2.24) is 0 Å². The Hall–Kier alpha value is -2.60. The lowest BCUT2D eigenvalue weighted by Gasteiger charge is -2.01. The summed E-state index contributed by atoms with van der Waals surface area (Å²) in [4.78, 5) is 0. The minimum absolute atomic E-state index is 1.02. The molecule has 202 valence electrons. The van der Waals surface area contributed by atoms with Gasteiger partial charge in [0.2, 0.25) is 0 Å².